The Bertz CT molecular complexity index is 696. The fourth-order valence-electron chi connectivity index (χ4n) is 3.72. The van der Waals surface area contributed by atoms with E-state index < -0.39 is 35.9 Å². The number of rotatable bonds is 2. The molecule has 0 bridgehead atoms. The summed E-state index contributed by atoms with van der Waals surface area (Å²) >= 11 is 0. The second kappa shape index (κ2) is 6.44. The van der Waals surface area contributed by atoms with E-state index in [2.05, 4.69) is 5.10 Å². The zero-order valence-electron chi connectivity index (χ0n) is 14.0. The standard InChI is InChI=1S/C18H21F3N2O2/c1-12-6-5-7-13(10-12)16(24)23-17(25,14-8-3-2-4-9-14)11-15(22-23)18(19,20)21/h5-7,10,14,25H,2-4,8-9,11H2,1H3. The van der Waals surface area contributed by atoms with Crippen LogP contribution >= 0.6 is 0 Å². The largest absolute Gasteiger partial charge is 0.431 e. The number of nitrogens with zero attached hydrogens (tertiary/aromatic N) is 2. The Labute approximate surface area is 144 Å². The monoisotopic (exact) mass is 354 g/mol. The fourth-order valence-corrected chi connectivity index (χ4v) is 3.72. The Morgan fingerprint density at radius 1 is 1.28 bits per heavy atom. The van der Waals surface area contributed by atoms with Gasteiger partial charge in [0.05, 0.1) is 0 Å². The number of carbonyl (C=O) groups excluding carboxylic acids is 1. The van der Waals surface area contributed by atoms with Gasteiger partial charge in [0.25, 0.3) is 5.91 Å². The number of hydrogen-bond donors (Lipinski definition) is 1. The van der Waals surface area contributed by atoms with Gasteiger partial charge >= 0.3 is 6.18 Å². The van der Waals surface area contributed by atoms with Crippen LogP contribution in [0.15, 0.2) is 29.4 Å². The molecule has 0 aromatic heterocycles. The van der Waals surface area contributed by atoms with Gasteiger partial charge in [-0.25, -0.2) is 0 Å². The zero-order valence-corrected chi connectivity index (χ0v) is 14.0. The molecule has 1 aromatic carbocycles. The van der Waals surface area contributed by atoms with Crippen LogP contribution < -0.4 is 0 Å². The molecule has 0 radical (unpaired) electrons. The van der Waals surface area contributed by atoms with E-state index >= 15 is 0 Å². The van der Waals surface area contributed by atoms with Crippen LogP contribution in [0.1, 0.15) is 54.4 Å². The Kier molecular flexibility index (Phi) is 4.62. The minimum atomic E-state index is -4.66. The van der Waals surface area contributed by atoms with Gasteiger partial charge in [-0.2, -0.15) is 23.3 Å². The first-order chi connectivity index (χ1) is 11.7. The van der Waals surface area contributed by atoms with Crippen molar-refractivity contribution >= 4 is 11.6 Å². The van der Waals surface area contributed by atoms with Crippen LogP contribution in [-0.4, -0.2) is 33.6 Å². The minimum absolute atomic E-state index is 0.224. The van der Waals surface area contributed by atoms with Gasteiger partial charge in [0, 0.05) is 17.9 Å². The quantitative estimate of drug-likeness (QED) is 0.872. The lowest BCUT2D eigenvalue weighted by atomic mass is 9.79. The summed E-state index contributed by atoms with van der Waals surface area (Å²) in [6.45, 7) is 1.79. The van der Waals surface area contributed by atoms with Crippen LogP contribution in [0.5, 0.6) is 0 Å². The van der Waals surface area contributed by atoms with Crippen LogP contribution in [0.2, 0.25) is 0 Å². The minimum Gasteiger partial charge on any atom is -0.368 e. The number of amides is 1. The number of alkyl halides is 3. The van der Waals surface area contributed by atoms with Crippen molar-refractivity contribution in [1.29, 1.82) is 0 Å². The second-order valence-corrected chi connectivity index (χ2v) is 6.92. The molecule has 1 saturated carbocycles. The molecular weight excluding hydrogens is 333 g/mol. The van der Waals surface area contributed by atoms with E-state index in [-0.39, 0.29) is 5.56 Å². The first-order valence-electron chi connectivity index (χ1n) is 8.50. The third-order valence-corrected chi connectivity index (χ3v) is 5.06. The average molecular weight is 354 g/mol. The highest BCUT2D eigenvalue weighted by Gasteiger charge is 2.55. The molecule has 1 aliphatic carbocycles. The first-order valence-corrected chi connectivity index (χ1v) is 8.50. The van der Waals surface area contributed by atoms with Crippen molar-refractivity contribution < 1.29 is 23.1 Å². The van der Waals surface area contributed by atoms with Crippen molar-refractivity contribution in [2.45, 2.75) is 57.3 Å². The van der Waals surface area contributed by atoms with Crippen molar-refractivity contribution in [2.24, 2.45) is 11.0 Å². The van der Waals surface area contributed by atoms with E-state index in [0.717, 1.165) is 24.8 Å². The van der Waals surface area contributed by atoms with Crippen molar-refractivity contribution in [1.82, 2.24) is 5.01 Å². The third kappa shape index (κ3) is 3.42. The van der Waals surface area contributed by atoms with Gasteiger partial charge in [0.15, 0.2) is 5.72 Å². The highest BCUT2D eigenvalue weighted by atomic mass is 19.4. The number of aliphatic hydroxyl groups is 1. The van der Waals surface area contributed by atoms with E-state index in [1.165, 1.54) is 6.07 Å². The Morgan fingerprint density at radius 2 is 1.96 bits per heavy atom. The van der Waals surface area contributed by atoms with Gasteiger partial charge < -0.3 is 5.11 Å². The number of aryl methyl sites for hydroxylation is 1. The molecule has 3 rings (SSSR count). The van der Waals surface area contributed by atoms with Crippen molar-refractivity contribution in [3.8, 4) is 0 Å². The molecule has 0 saturated heterocycles. The third-order valence-electron chi connectivity index (χ3n) is 5.06. The maximum Gasteiger partial charge on any atom is 0.431 e. The van der Waals surface area contributed by atoms with E-state index in [1.807, 2.05) is 0 Å². The molecule has 1 atom stereocenters. The molecule has 1 amide bonds. The molecular formula is C18H21F3N2O2. The van der Waals surface area contributed by atoms with E-state index in [1.54, 1.807) is 25.1 Å². The Balaban J connectivity index is 1.98. The van der Waals surface area contributed by atoms with Crippen LogP contribution in [0.4, 0.5) is 13.2 Å². The average Bonchev–Trinajstić information content (AvgIpc) is 2.94. The van der Waals surface area contributed by atoms with Gasteiger partial charge in [-0.3, -0.25) is 4.79 Å². The second-order valence-electron chi connectivity index (χ2n) is 6.92. The Morgan fingerprint density at radius 3 is 2.56 bits per heavy atom. The smallest absolute Gasteiger partial charge is 0.368 e. The summed E-state index contributed by atoms with van der Waals surface area (Å²) in [6, 6.07) is 6.56. The summed E-state index contributed by atoms with van der Waals surface area (Å²) < 4.78 is 39.6. The lowest BCUT2D eigenvalue weighted by Gasteiger charge is -2.40. The summed E-state index contributed by atoms with van der Waals surface area (Å²) in [5.41, 5.74) is -1.97. The Hall–Kier alpha value is -1.89. The van der Waals surface area contributed by atoms with E-state index in [4.69, 9.17) is 0 Å². The molecule has 7 heteroatoms. The van der Waals surface area contributed by atoms with Crippen LogP contribution in [0.25, 0.3) is 0 Å². The lowest BCUT2D eigenvalue weighted by Crippen LogP contribution is -2.52. The normalized spacial score (nSPS) is 25.2. The number of hydrazone groups is 1. The molecule has 1 aliphatic heterocycles. The molecule has 1 unspecified atom stereocenters. The number of halogens is 3. The van der Waals surface area contributed by atoms with Crippen molar-refractivity contribution in [2.75, 3.05) is 0 Å². The molecule has 2 aliphatic rings. The fraction of sp³-hybridized carbons (Fsp3) is 0.556. The summed E-state index contributed by atoms with van der Waals surface area (Å²) in [5.74, 6) is -1.10. The van der Waals surface area contributed by atoms with Gasteiger partial charge in [0.1, 0.15) is 5.71 Å². The van der Waals surface area contributed by atoms with Crippen molar-refractivity contribution in [3.05, 3.63) is 35.4 Å². The molecule has 1 aromatic rings. The van der Waals surface area contributed by atoms with Crippen LogP contribution in [0.3, 0.4) is 0 Å². The lowest BCUT2D eigenvalue weighted by molar-refractivity contribution is -0.123. The van der Waals surface area contributed by atoms with Crippen LogP contribution in [-0.2, 0) is 0 Å². The number of benzene rings is 1. The highest BCUT2D eigenvalue weighted by Crippen LogP contribution is 2.43. The van der Waals surface area contributed by atoms with E-state index in [9.17, 15) is 23.1 Å². The first kappa shape index (κ1) is 17.9. The predicted octanol–water partition coefficient (Wildman–Crippen LogP) is 4.03. The van der Waals surface area contributed by atoms with Gasteiger partial charge in [-0.05, 0) is 31.9 Å². The summed E-state index contributed by atoms with van der Waals surface area (Å²) in [7, 11) is 0. The molecule has 25 heavy (non-hydrogen) atoms. The predicted molar refractivity (Wildman–Crippen MR) is 87.0 cm³/mol. The highest BCUT2D eigenvalue weighted by molar-refractivity contribution is 5.99. The molecule has 0 spiro atoms. The van der Waals surface area contributed by atoms with Gasteiger partial charge in [-0.1, -0.05) is 37.0 Å². The maximum atomic E-state index is 13.2. The van der Waals surface area contributed by atoms with Crippen LogP contribution in [0, 0.1) is 12.8 Å². The van der Waals surface area contributed by atoms with Gasteiger partial charge in [-0.15, -0.1) is 0 Å². The molecule has 1 fully saturated rings. The van der Waals surface area contributed by atoms with Crippen molar-refractivity contribution in [3.63, 3.8) is 0 Å². The topological polar surface area (TPSA) is 52.9 Å². The number of hydrogen-bond acceptors (Lipinski definition) is 3. The molecule has 136 valence electrons. The van der Waals surface area contributed by atoms with E-state index in [0.29, 0.717) is 17.9 Å². The SMILES string of the molecule is Cc1cccc(C(=O)N2N=C(C(F)(F)F)CC2(O)C2CCCCC2)c1. The maximum absolute atomic E-state index is 13.2. The molecule has 4 nitrogen and oxygen atoms in total. The summed E-state index contributed by atoms with van der Waals surface area (Å²) in [5, 5.41) is 15.3. The summed E-state index contributed by atoms with van der Waals surface area (Å²) in [6.07, 6.45) is -1.49. The molecule has 1 heterocycles. The van der Waals surface area contributed by atoms with Gasteiger partial charge in [0.2, 0.25) is 0 Å². The summed E-state index contributed by atoms with van der Waals surface area (Å²) in [4.78, 5) is 12.8. The zero-order chi connectivity index (χ0) is 18.2. The number of carbonyl (C=O) groups is 1. The molecule has 1 N–H and O–H groups in total.